The van der Waals surface area contributed by atoms with Gasteiger partial charge in [0.2, 0.25) is 0 Å². The molecule has 1 aliphatic heterocycles. The number of nitrogens with one attached hydrogen (secondary N) is 2. The quantitative estimate of drug-likeness (QED) is 0.307. The molecule has 1 heterocycles. The van der Waals surface area contributed by atoms with Crippen LogP contribution in [-0.4, -0.2) is 46.4 Å². The summed E-state index contributed by atoms with van der Waals surface area (Å²) in [6, 6.07) is 17.2. The van der Waals surface area contributed by atoms with E-state index in [1.54, 1.807) is 7.11 Å². The Hall–Kier alpha value is -1.80. The molecule has 1 saturated heterocycles. The van der Waals surface area contributed by atoms with Crippen molar-refractivity contribution in [1.82, 2.24) is 10.6 Å². The van der Waals surface area contributed by atoms with Crippen molar-refractivity contribution in [2.24, 2.45) is 4.99 Å². The molecule has 2 N–H and O–H groups in total. The third-order valence-corrected chi connectivity index (χ3v) is 6.19. The van der Waals surface area contributed by atoms with Gasteiger partial charge in [-0.15, -0.1) is 24.0 Å². The lowest BCUT2D eigenvalue weighted by molar-refractivity contribution is 0.0513. The average Bonchev–Trinajstić information content (AvgIpc) is 2.80. The molecule has 1 aliphatic rings. The van der Waals surface area contributed by atoms with Crippen molar-refractivity contribution in [3.63, 3.8) is 0 Å². The fraction of sp³-hybridized carbons (Fsp3) is 0.480. The fourth-order valence-corrected chi connectivity index (χ4v) is 4.01. The van der Waals surface area contributed by atoms with Gasteiger partial charge in [0.25, 0.3) is 0 Å². The van der Waals surface area contributed by atoms with Crippen LogP contribution in [-0.2, 0) is 10.2 Å². The highest BCUT2D eigenvalue weighted by molar-refractivity contribution is 14.0. The largest absolute Gasteiger partial charge is 0.497 e. The molecule has 0 spiro atoms. The summed E-state index contributed by atoms with van der Waals surface area (Å²) < 4.78 is 11.0. The maximum absolute atomic E-state index is 5.66. The summed E-state index contributed by atoms with van der Waals surface area (Å²) in [6.45, 7) is 7.58. The van der Waals surface area contributed by atoms with Crippen LogP contribution >= 0.6 is 24.0 Å². The Balaban J connectivity index is 0.00000341. The lowest BCUT2D eigenvalue weighted by Gasteiger charge is -2.38. The Morgan fingerprint density at radius 1 is 1.06 bits per heavy atom. The summed E-state index contributed by atoms with van der Waals surface area (Å²) in [7, 11) is 3.53. The highest BCUT2D eigenvalue weighted by atomic mass is 127. The SMILES string of the molecule is CN=C(NCC(C)c1ccc(C)cc1)NCC1(c2ccc(OC)cc2)CCOCC1.I. The lowest BCUT2D eigenvalue weighted by atomic mass is 9.74. The van der Waals surface area contributed by atoms with E-state index in [0.29, 0.717) is 5.92 Å². The minimum absolute atomic E-state index is 0. The molecule has 31 heavy (non-hydrogen) atoms. The average molecular weight is 537 g/mol. The Bertz CT molecular complexity index is 816. The summed E-state index contributed by atoms with van der Waals surface area (Å²) in [5.41, 5.74) is 3.98. The van der Waals surface area contributed by atoms with Crippen molar-refractivity contribution >= 4 is 29.9 Å². The van der Waals surface area contributed by atoms with Gasteiger partial charge in [-0.3, -0.25) is 4.99 Å². The molecule has 0 saturated carbocycles. The van der Waals surface area contributed by atoms with Crippen LogP contribution in [0.3, 0.4) is 0 Å². The third kappa shape index (κ3) is 6.84. The zero-order valence-corrected chi connectivity index (χ0v) is 21.4. The number of ether oxygens (including phenoxy) is 2. The Morgan fingerprint density at radius 2 is 1.71 bits per heavy atom. The van der Waals surface area contributed by atoms with Crippen molar-refractivity contribution in [1.29, 1.82) is 0 Å². The van der Waals surface area contributed by atoms with E-state index in [-0.39, 0.29) is 29.4 Å². The van der Waals surface area contributed by atoms with Crippen LogP contribution in [0, 0.1) is 6.92 Å². The van der Waals surface area contributed by atoms with Gasteiger partial charge in [0.15, 0.2) is 5.96 Å². The van der Waals surface area contributed by atoms with Crippen LogP contribution in [0.15, 0.2) is 53.5 Å². The summed E-state index contributed by atoms with van der Waals surface area (Å²) in [6.07, 6.45) is 1.98. The summed E-state index contributed by atoms with van der Waals surface area (Å²) in [5.74, 6) is 2.13. The van der Waals surface area contributed by atoms with E-state index >= 15 is 0 Å². The fourth-order valence-electron chi connectivity index (χ4n) is 4.01. The maximum Gasteiger partial charge on any atom is 0.191 e. The predicted molar refractivity (Wildman–Crippen MR) is 139 cm³/mol. The van der Waals surface area contributed by atoms with Gasteiger partial charge >= 0.3 is 0 Å². The molecule has 0 aliphatic carbocycles. The molecule has 1 fully saturated rings. The first kappa shape index (κ1) is 25.5. The first-order valence-corrected chi connectivity index (χ1v) is 10.8. The van der Waals surface area contributed by atoms with Crippen LogP contribution in [0.2, 0.25) is 0 Å². The number of guanidine groups is 1. The Morgan fingerprint density at radius 3 is 2.29 bits per heavy atom. The normalized spacial score (nSPS) is 16.7. The van der Waals surface area contributed by atoms with E-state index in [1.807, 2.05) is 19.2 Å². The van der Waals surface area contributed by atoms with Crippen molar-refractivity contribution in [3.8, 4) is 5.75 Å². The van der Waals surface area contributed by atoms with Gasteiger partial charge in [-0.2, -0.15) is 0 Å². The molecule has 0 amide bonds. The molecule has 1 unspecified atom stereocenters. The number of rotatable bonds is 7. The highest BCUT2D eigenvalue weighted by Gasteiger charge is 2.34. The number of methoxy groups -OCH3 is 1. The second-order valence-electron chi connectivity index (χ2n) is 8.24. The first-order valence-electron chi connectivity index (χ1n) is 10.8. The van der Waals surface area contributed by atoms with Crippen LogP contribution in [0.25, 0.3) is 0 Å². The zero-order valence-electron chi connectivity index (χ0n) is 19.1. The van der Waals surface area contributed by atoms with Crippen molar-refractivity contribution < 1.29 is 9.47 Å². The molecule has 0 radical (unpaired) electrons. The van der Waals surface area contributed by atoms with Crippen LogP contribution in [0.1, 0.15) is 42.4 Å². The van der Waals surface area contributed by atoms with E-state index in [1.165, 1.54) is 16.7 Å². The molecule has 1 atom stereocenters. The molecule has 6 heteroatoms. The second kappa shape index (κ2) is 12.3. The molecule has 3 rings (SSSR count). The van der Waals surface area contributed by atoms with Gasteiger partial charge in [-0.05, 0) is 48.9 Å². The first-order chi connectivity index (χ1) is 14.6. The highest BCUT2D eigenvalue weighted by Crippen LogP contribution is 2.35. The van der Waals surface area contributed by atoms with E-state index in [4.69, 9.17) is 9.47 Å². The Labute approximate surface area is 204 Å². The van der Waals surface area contributed by atoms with E-state index in [0.717, 1.165) is 50.9 Å². The third-order valence-electron chi connectivity index (χ3n) is 6.19. The number of nitrogens with zero attached hydrogens (tertiary/aromatic N) is 1. The van der Waals surface area contributed by atoms with Crippen molar-refractivity contribution in [2.75, 3.05) is 40.5 Å². The van der Waals surface area contributed by atoms with Gasteiger partial charge in [-0.25, -0.2) is 0 Å². The van der Waals surface area contributed by atoms with Gasteiger partial charge in [0.05, 0.1) is 7.11 Å². The van der Waals surface area contributed by atoms with Gasteiger partial charge in [-0.1, -0.05) is 48.9 Å². The second-order valence-corrected chi connectivity index (χ2v) is 8.24. The lowest BCUT2D eigenvalue weighted by Crippen LogP contribution is -2.48. The molecule has 5 nitrogen and oxygen atoms in total. The zero-order chi connectivity index (χ0) is 21.4. The summed E-state index contributed by atoms with van der Waals surface area (Å²) in [5, 5.41) is 7.07. The molecule has 170 valence electrons. The van der Waals surface area contributed by atoms with Crippen molar-refractivity contribution in [3.05, 3.63) is 65.2 Å². The number of halogens is 1. The standard InChI is InChI=1S/C25H35N3O2.HI/c1-19-5-7-21(8-6-19)20(2)17-27-24(26-3)28-18-25(13-15-30-16-14-25)22-9-11-23(29-4)12-10-22;/h5-12,20H,13-18H2,1-4H3,(H2,26,27,28);1H. The smallest absolute Gasteiger partial charge is 0.191 e. The van der Waals surface area contributed by atoms with Gasteiger partial charge in [0.1, 0.15) is 5.75 Å². The minimum Gasteiger partial charge on any atom is -0.497 e. The van der Waals surface area contributed by atoms with Crippen LogP contribution in [0.5, 0.6) is 5.75 Å². The summed E-state index contributed by atoms with van der Waals surface area (Å²) in [4.78, 5) is 4.45. The molecular weight excluding hydrogens is 501 g/mol. The predicted octanol–water partition coefficient (Wildman–Crippen LogP) is 4.64. The number of hydrogen-bond acceptors (Lipinski definition) is 3. The minimum atomic E-state index is 0. The monoisotopic (exact) mass is 537 g/mol. The van der Waals surface area contributed by atoms with Gasteiger partial charge in [0, 0.05) is 38.8 Å². The van der Waals surface area contributed by atoms with Gasteiger partial charge < -0.3 is 20.1 Å². The maximum atomic E-state index is 5.66. The van der Waals surface area contributed by atoms with E-state index < -0.39 is 0 Å². The molecule has 2 aromatic carbocycles. The number of benzene rings is 2. The molecule has 0 bridgehead atoms. The number of aryl methyl sites for hydroxylation is 1. The van der Waals surface area contributed by atoms with Crippen LogP contribution in [0.4, 0.5) is 0 Å². The number of hydrogen-bond donors (Lipinski definition) is 2. The Kier molecular flexibility index (Phi) is 10.1. The molecule has 0 aromatic heterocycles. The topological polar surface area (TPSA) is 54.9 Å². The molecular formula is C25H36IN3O2. The van der Waals surface area contributed by atoms with Crippen molar-refractivity contribution in [2.45, 2.75) is 38.0 Å². The van der Waals surface area contributed by atoms with Crippen LogP contribution < -0.4 is 15.4 Å². The summed E-state index contributed by atoms with van der Waals surface area (Å²) >= 11 is 0. The van der Waals surface area contributed by atoms with E-state index in [2.05, 4.69) is 65.9 Å². The molecule has 2 aromatic rings. The number of aliphatic imine (C=N–C) groups is 1. The van der Waals surface area contributed by atoms with E-state index in [9.17, 15) is 0 Å².